The third-order valence-electron chi connectivity index (χ3n) is 3.80. The number of hydrogen-bond acceptors (Lipinski definition) is 4. The number of rotatable bonds is 4. The summed E-state index contributed by atoms with van der Waals surface area (Å²) in [5.74, 6) is 0.0533. The zero-order chi connectivity index (χ0) is 17.8. The fourth-order valence-corrected chi connectivity index (χ4v) is 2.49. The standard InChI is InChI=1S/C19H17FN4O/c1-12-16(23-24-19(12)14-7-9-21-10-8-14)11-22-13(2)18-15(20)5-4-6-17(18)25-3/h4-11,23H,1H2,2-3H3/b16-11+,22-13?. The minimum atomic E-state index is -0.383. The van der Waals surface area contributed by atoms with Gasteiger partial charge in [-0.25, -0.2) is 4.39 Å². The van der Waals surface area contributed by atoms with Crippen molar-refractivity contribution in [2.75, 3.05) is 7.11 Å². The van der Waals surface area contributed by atoms with Gasteiger partial charge < -0.3 is 4.74 Å². The Bertz CT molecular complexity index is 1030. The van der Waals surface area contributed by atoms with Gasteiger partial charge in [-0.3, -0.25) is 15.1 Å². The molecule has 0 aliphatic rings. The lowest BCUT2D eigenvalue weighted by atomic mass is 10.1. The van der Waals surface area contributed by atoms with E-state index in [-0.39, 0.29) is 5.82 Å². The molecule has 0 radical (unpaired) electrons. The molecule has 3 aromatic rings. The van der Waals surface area contributed by atoms with Gasteiger partial charge in [0.25, 0.3) is 0 Å². The molecule has 1 N–H and O–H groups in total. The zero-order valence-corrected chi connectivity index (χ0v) is 14.0. The average molecular weight is 336 g/mol. The molecule has 6 heteroatoms. The number of pyridine rings is 1. The van der Waals surface area contributed by atoms with Crippen LogP contribution in [0.15, 0.2) is 47.7 Å². The second-order valence-corrected chi connectivity index (χ2v) is 5.36. The number of benzene rings is 1. The number of aromatic nitrogens is 3. The number of nitrogens with zero attached hydrogens (tertiary/aromatic N) is 3. The number of aliphatic imine (C=N–C) groups is 1. The number of hydrogen-bond donors (Lipinski definition) is 1. The Kier molecular flexibility index (Phi) is 4.70. The van der Waals surface area contributed by atoms with Crippen LogP contribution in [0.25, 0.3) is 24.0 Å². The Balaban J connectivity index is 2.02. The minimum Gasteiger partial charge on any atom is -0.496 e. The molecular formula is C19H17FN4O. The summed E-state index contributed by atoms with van der Waals surface area (Å²) in [7, 11) is 1.50. The third kappa shape index (κ3) is 3.33. The monoisotopic (exact) mass is 336 g/mol. The molecule has 0 amide bonds. The van der Waals surface area contributed by atoms with E-state index >= 15 is 0 Å². The van der Waals surface area contributed by atoms with Crippen molar-refractivity contribution in [3.05, 3.63) is 64.7 Å². The molecule has 0 saturated carbocycles. The summed E-state index contributed by atoms with van der Waals surface area (Å²) >= 11 is 0. The SMILES string of the molecule is C=c1c(-c2ccncc2)n[nH]/c1=C/N=C(C)c1c(F)cccc1OC. The lowest BCUT2D eigenvalue weighted by Gasteiger charge is -2.08. The molecule has 2 aromatic heterocycles. The molecule has 0 bridgehead atoms. The van der Waals surface area contributed by atoms with Crippen LogP contribution < -0.4 is 15.3 Å². The van der Waals surface area contributed by atoms with Gasteiger partial charge in [0.15, 0.2) is 0 Å². The molecule has 0 aliphatic heterocycles. The van der Waals surface area contributed by atoms with Crippen LogP contribution in [0.1, 0.15) is 12.5 Å². The zero-order valence-electron chi connectivity index (χ0n) is 14.0. The van der Waals surface area contributed by atoms with Crippen molar-refractivity contribution in [1.29, 1.82) is 0 Å². The molecule has 0 unspecified atom stereocenters. The summed E-state index contributed by atoms with van der Waals surface area (Å²) in [6.45, 7) is 5.77. The van der Waals surface area contributed by atoms with Crippen LogP contribution >= 0.6 is 0 Å². The summed E-state index contributed by atoms with van der Waals surface area (Å²) < 4.78 is 19.3. The Morgan fingerprint density at radius 1 is 1.28 bits per heavy atom. The molecule has 3 rings (SSSR count). The van der Waals surface area contributed by atoms with E-state index in [9.17, 15) is 4.39 Å². The number of nitrogens with one attached hydrogen (secondary N) is 1. The van der Waals surface area contributed by atoms with Gasteiger partial charge in [-0.15, -0.1) is 0 Å². The molecular weight excluding hydrogens is 319 g/mol. The van der Waals surface area contributed by atoms with Gasteiger partial charge in [0.1, 0.15) is 11.6 Å². The normalized spacial score (nSPS) is 12.4. The first-order chi connectivity index (χ1) is 12.1. The number of methoxy groups -OCH3 is 1. The van der Waals surface area contributed by atoms with Crippen molar-refractivity contribution in [3.8, 4) is 17.0 Å². The maximum Gasteiger partial charge on any atom is 0.135 e. The van der Waals surface area contributed by atoms with E-state index in [1.165, 1.54) is 13.2 Å². The van der Waals surface area contributed by atoms with E-state index in [2.05, 4.69) is 26.8 Å². The molecule has 0 fully saturated rings. The first-order valence-electron chi connectivity index (χ1n) is 7.63. The van der Waals surface area contributed by atoms with E-state index in [1.807, 2.05) is 12.1 Å². The summed E-state index contributed by atoms with van der Waals surface area (Å²) in [5.41, 5.74) is 2.47. The number of halogens is 1. The molecule has 2 heterocycles. The predicted octanol–water partition coefficient (Wildman–Crippen LogP) is 2.28. The molecule has 0 saturated heterocycles. The van der Waals surface area contributed by atoms with Gasteiger partial charge in [0.05, 0.1) is 35.6 Å². The Morgan fingerprint density at radius 3 is 2.76 bits per heavy atom. The molecule has 0 atom stereocenters. The number of aromatic amines is 1. The van der Waals surface area contributed by atoms with Gasteiger partial charge >= 0.3 is 0 Å². The molecule has 1 aromatic carbocycles. The Labute approximate surface area is 144 Å². The van der Waals surface area contributed by atoms with Crippen molar-refractivity contribution in [2.24, 2.45) is 4.99 Å². The predicted molar refractivity (Wildman–Crippen MR) is 96.2 cm³/mol. The highest BCUT2D eigenvalue weighted by atomic mass is 19.1. The first-order valence-corrected chi connectivity index (χ1v) is 7.63. The smallest absolute Gasteiger partial charge is 0.135 e. The molecule has 25 heavy (non-hydrogen) atoms. The highest BCUT2D eigenvalue weighted by Crippen LogP contribution is 2.22. The first kappa shape index (κ1) is 16.6. The van der Waals surface area contributed by atoms with Crippen LogP contribution in [0.3, 0.4) is 0 Å². The molecule has 126 valence electrons. The number of ether oxygens (including phenoxy) is 1. The molecule has 5 nitrogen and oxygen atoms in total. The second-order valence-electron chi connectivity index (χ2n) is 5.36. The van der Waals surface area contributed by atoms with Gasteiger partial charge in [0, 0.05) is 23.2 Å². The van der Waals surface area contributed by atoms with Gasteiger partial charge in [-0.05, 0) is 31.2 Å². The van der Waals surface area contributed by atoms with Crippen molar-refractivity contribution in [2.45, 2.75) is 6.92 Å². The van der Waals surface area contributed by atoms with Crippen molar-refractivity contribution >= 4 is 18.5 Å². The average Bonchev–Trinajstić information content (AvgIpc) is 3.00. The van der Waals surface area contributed by atoms with Crippen LogP contribution in [0.5, 0.6) is 5.75 Å². The van der Waals surface area contributed by atoms with Gasteiger partial charge in [0.2, 0.25) is 0 Å². The molecule has 0 aliphatic carbocycles. The Morgan fingerprint density at radius 2 is 2.04 bits per heavy atom. The highest BCUT2D eigenvalue weighted by molar-refractivity contribution is 6.02. The van der Waals surface area contributed by atoms with Crippen LogP contribution in [0, 0.1) is 5.82 Å². The Hall–Kier alpha value is -3.28. The lowest BCUT2D eigenvalue weighted by Crippen LogP contribution is -2.21. The highest BCUT2D eigenvalue weighted by Gasteiger charge is 2.11. The summed E-state index contributed by atoms with van der Waals surface area (Å²) in [4.78, 5) is 8.34. The van der Waals surface area contributed by atoms with E-state index in [1.54, 1.807) is 37.7 Å². The van der Waals surface area contributed by atoms with Crippen LogP contribution in [-0.4, -0.2) is 28.0 Å². The van der Waals surface area contributed by atoms with E-state index < -0.39 is 0 Å². The number of H-pyrrole nitrogens is 1. The van der Waals surface area contributed by atoms with Gasteiger partial charge in [-0.1, -0.05) is 12.6 Å². The summed E-state index contributed by atoms with van der Waals surface area (Å²) in [5, 5.41) is 8.54. The lowest BCUT2D eigenvalue weighted by molar-refractivity contribution is 0.410. The minimum absolute atomic E-state index is 0.334. The van der Waals surface area contributed by atoms with Gasteiger partial charge in [-0.2, -0.15) is 5.10 Å². The molecule has 0 spiro atoms. The fourth-order valence-electron chi connectivity index (χ4n) is 2.49. The second kappa shape index (κ2) is 7.09. The van der Waals surface area contributed by atoms with E-state index in [0.29, 0.717) is 27.6 Å². The quantitative estimate of drug-likeness (QED) is 0.744. The largest absolute Gasteiger partial charge is 0.496 e. The van der Waals surface area contributed by atoms with Crippen molar-refractivity contribution in [1.82, 2.24) is 15.2 Å². The topological polar surface area (TPSA) is 63.2 Å². The van der Waals surface area contributed by atoms with Crippen molar-refractivity contribution in [3.63, 3.8) is 0 Å². The maximum atomic E-state index is 14.1. The van der Waals surface area contributed by atoms with Crippen LogP contribution in [-0.2, 0) is 0 Å². The maximum absolute atomic E-state index is 14.1. The fraction of sp³-hybridized carbons (Fsp3) is 0.105. The third-order valence-corrected chi connectivity index (χ3v) is 3.80. The summed E-state index contributed by atoms with van der Waals surface area (Å²) in [6.07, 6.45) is 4.97. The van der Waals surface area contributed by atoms with Crippen LogP contribution in [0.2, 0.25) is 0 Å². The van der Waals surface area contributed by atoms with E-state index in [4.69, 9.17) is 4.74 Å². The van der Waals surface area contributed by atoms with E-state index in [0.717, 1.165) is 11.3 Å². The van der Waals surface area contributed by atoms with Crippen molar-refractivity contribution < 1.29 is 9.13 Å². The summed E-state index contributed by atoms with van der Waals surface area (Å²) in [6, 6.07) is 8.38. The van der Waals surface area contributed by atoms with Crippen LogP contribution in [0.4, 0.5) is 4.39 Å².